The molecule has 1 unspecified atom stereocenters. The number of carbonyl (C=O) groups excluding carboxylic acids is 2. The maximum Gasteiger partial charge on any atom is 0.242 e. The molecule has 0 bridgehead atoms. The number of benzene rings is 2. The molecular weight excluding hydrogens is 393 g/mol. The van der Waals surface area contributed by atoms with Crippen molar-refractivity contribution in [1.29, 1.82) is 0 Å². The van der Waals surface area contributed by atoms with Crippen LogP contribution >= 0.6 is 0 Å². The lowest BCUT2D eigenvalue weighted by molar-refractivity contribution is -0.129. The van der Waals surface area contributed by atoms with Gasteiger partial charge in [-0.2, -0.15) is 0 Å². The van der Waals surface area contributed by atoms with Crippen LogP contribution in [0.3, 0.4) is 0 Å². The lowest BCUT2D eigenvalue weighted by Gasteiger charge is -2.26. The van der Waals surface area contributed by atoms with Crippen LogP contribution in [-0.2, 0) is 16.0 Å². The molecule has 3 rings (SSSR count). The van der Waals surface area contributed by atoms with Crippen molar-refractivity contribution in [2.24, 2.45) is 5.92 Å². The molecule has 6 heteroatoms. The quantitative estimate of drug-likeness (QED) is 0.503. The normalized spacial score (nSPS) is 15.1. The monoisotopic (exact) mass is 425 g/mol. The third kappa shape index (κ3) is 8.04. The Kier molecular flexibility index (Phi) is 8.88. The van der Waals surface area contributed by atoms with Gasteiger partial charge < -0.3 is 16.0 Å². The van der Waals surface area contributed by atoms with Gasteiger partial charge in [0.15, 0.2) is 0 Å². The SMILES string of the molecule is O=C(Cc1ccccc1)NC(CC1CCCCC1)C(=O)NCCNc1ccc(F)cc1. The van der Waals surface area contributed by atoms with Gasteiger partial charge in [-0.3, -0.25) is 9.59 Å². The van der Waals surface area contributed by atoms with E-state index in [0.717, 1.165) is 24.1 Å². The highest BCUT2D eigenvalue weighted by molar-refractivity contribution is 5.88. The number of nitrogens with one attached hydrogen (secondary N) is 3. The van der Waals surface area contributed by atoms with Crippen LogP contribution in [0.1, 0.15) is 44.1 Å². The fourth-order valence-corrected chi connectivity index (χ4v) is 4.10. The molecule has 0 heterocycles. The lowest BCUT2D eigenvalue weighted by atomic mass is 9.84. The second-order valence-electron chi connectivity index (χ2n) is 8.25. The molecule has 31 heavy (non-hydrogen) atoms. The second kappa shape index (κ2) is 12.1. The number of carbonyl (C=O) groups is 2. The molecule has 2 aromatic rings. The molecule has 166 valence electrons. The van der Waals surface area contributed by atoms with Crippen molar-refractivity contribution in [3.05, 3.63) is 66.0 Å². The van der Waals surface area contributed by atoms with Crippen molar-refractivity contribution in [1.82, 2.24) is 10.6 Å². The molecule has 1 saturated carbocycles. The van der Waals surface area contributed by atoms with Gasteiger partial charge in [-0.05, 0) is 42.2 Å². The van der Waals surface area contributed by atoms with Gasteiger partial charge in [0.05, 0.1) is 6.42 Å². The van der Waals surface area contributed by atoms with Crippen molar-refractivity contribution in [3.8, 4) is 0 Å². The van der Waals surface area contributed by atoms with Gasteiger partial charge in [-0.25, -0.2) is 4.39 Å². The molecular formula is C25H32FN3O2. The zero-order valence-corrected chi connectivity index (χ0v) is 17.9. The first-order valence-electron chi connectivity index (χ1n) is 11.2. The number of anilines is 1. The Morgan fingerprint density at radius 1 is 0.935 bits per heavy atom. The Hall–Kier alpha value is -2.89. The number of amides is 2. The fraction of sp³-hybridized carbons (Fsp3) is 0.440. The molecule has 3 N–H and O–H groups in total. The second-order valence-corrected chi connectivity index (χ2v) is 8.25. The number of rotatable bonds is 10. The molecule has 1 aliphatic carbocycles. The van der Waals surface area contributed by atoms with Crippen LogP contribution in [-0.4, -0.2) is 30.9 Å². The van der Waals surface area contributed by atoms with Crippen LogP contribution < -0.4 is 16.0 Å². The summed E-state index contributed by atoms with van der Waals surface area (Å²) in [6, 6.07) is 15.1. The summed E-state index contributed by atoms with van der Waals surface area (Å²) >= 11 is 0. The Balaban J connectivity index is 1.50. The van der Waals surface area contributed by atoms with E-state index in [1.54, 1.807) is 12.1 Å². The zero-order valence-electron chi connectivity index (χ0n) is 17.9. The average Bonchev–Trinajstić information content (AvgIpc) is 2.78. The highest BCUT2D eigenvalue weighted by Crippen LogP contribution is 2.27. The van der Waals surface area contributed by atoms with E-state index < -0.39 is 6.04 Å². The summed E-state index contributed by atoms with van der Waals surface area (Å²) in [5, 5.41) is 9.05. The predicted molar refractivity (Wildman–Crippen MR) is 121 cm³/mol. The highest BCUT2D eigenvalue weighted by atomic mass is 19.1. The molecule has 0 spiro atoms. The van der Waals surface area contributed by atoms with Gasteiger partial charge in [-0.1, -0.05) is 62.4 Å². The summed E-state index contributed by atoms with van der Waals surface area (Å²) in [4.78, 5) is 25.4. The molecule has 0 radical (unpaired) electrons. The smallest absolute Gasteiger partial charge is 0.242 e. The van der Waals surface area contributed by atoms with Gasteiger partial charge in [-0.15, -0.1) is 0 Å². The third-order valence-corrected chi connectivity index (χ3v) is 5.75. The number of hydrogen-bond donors (Lipinski definition) is 3. The molecule has 1 fully saturated rings. The van der Waals surface area contributed by atoms with Gasteiger partial charge >= 0.3 is 0 Å². The van der Waals surface area contributed by atoms with Gasteiger partial charge in [0.2, 0.25) is 11.8 Å². The minimum atomic E-state index is -0.523. The minimum Gasteiger partial charge on any atom is -0.383 e. The molecule has 2 aromatic carbocycles. The van der Waals surface area contributed by atoms with E-state index in [1.165, 1.54) is 31.4 Å². The fourth-order valence-electron chi connectivity index (χ4n) is 4.10. The van der Waals surface area contributed by atoms with Crippen molar-refractivity contribution >= 4 is 17.5 Å². The highest BCUT2D eigenvalue weighted by Gasteiger charge is 2.25. The number of halogens is 1. The summed E-state index contributed by atoms with van der Waals surface area (Å²) in [5.74, 6) is -0.0889. The van der Waals surface area contributed by atoms with Crippen molar-refractivity contribution in [3.63, 3.8) is 0 Å². The van der Waals surface area contributed by atoms with Gasteiger partial charge in [0.25, 0.3) is 0 Å². The van der Waals surface area contributed by atoms with E-state index >= 15 is 0 Å². The van der Waals surface area contributed by atoms with Crippen LogP contribution in [0.4, 0.5) is 10.1 Å². The Morgan fingerprint density at radius 3 is 2.35 bits per heavy atom. The molecule has 0 aliphatic heterocycles. The molecule has 1 aliphatic rings. The van der Waals surface area contributed by atoms with E-state index in [-0.39, 0.29) is 24.1 Å². The van der Waals surface area contributed by atoms with Crippen molar-refractivity contribution in [2.45, 2.75) is 51.0 Å². The molecule has 5 nitrogen and oxygen atoms in total. The minimum absolute atomic E-state index is 0.133. The zero-order chi connectivity index (χ0) is 21.9. The summed E-state index contributed by atoms with van der Waals surface area (Å²) in [5.41, 5.74) is 1.73. The lowest BCUT2D eigenvalue weighted by Crippen LogP contribution is -2.49. The Labute approximate surface area is 183 Å². The Bertz CT molecular complexity index is 820. The molecule has 1 atom stereocenters. The van der Waals surface area contributed by atoms with Crippen LogP contribution in [0.15, 0.2) is 54.6 Å². The van der Waals surface area contributed by atoms with E-state index in [4.69, 9.17) is 0 Å². The summed E-state index contributed by atoms with van der Waals surface area (Å²) < 4.78 is 13.0. The molecule has 2 amide bonds. The topological polar surface area (TPSA) is 70.2 Å². The largest absolute Gasteiger partial charge is 0.383 e. The summed E-state index contributed by atoms with van der Waals surface area (Å²) in [6.45, 7) is 0.942. The number of hydrogen-bond acceptors (Lipinski definition) is 3. The van der Waals surface area contributed by atoms with Crippen LogP contribution in [0, 0.1) is 11.7 Å². The van der Waals surface area contributed by atoms with Crippen molar-refractivity contribution < 1.29 is 14.0 Å². The predicted octanol–water partition coefficient (Wildman–Crippen LogP) is 4.05. The van der Waals surface area contributed by atoms with Gasteiger partial charge in [0, 0.05) is 18.8 Å². The maximum atomic E-state index is 13.0. The first kappa shape index (κ1) is 22.8. The molecule has 0 aromatic heterocycles. The van der Waals surface area contributed by atoms with E-state index in [9.17, 15) is 14.0 Å². The molecule has 0 saturated heterocycles. The maximum absolute atomic E-state index is 13.0. The van der Waals surface area contributed by atoms with E-state index in [0.29, 0.717) is 25.4 Å². The standard InChI is InChI=1S/C25H32FN3O2/c26-21-11-13-22(14-12-21)27-15-16-28-25(31)23(17-19-7-3-1-4-8-19)29-24(30)18-20-9-5-2-6-10-20/h2,5-6,9-14,19,23,27H,1,3-4,7-8,15-18H2,(H,28,31)(H,29,30). The van der Waals surface area contributed by atoms with E-state index in [2.05, 4.69) is 16.0 Å². The van der Waals surface area contributed by atoms with Crippen molar-refractivity contribution in [2.75, 3.05) is 18.4 Å². The average molecular weight is 426 g/mol. The third-order valence-electron chi connectivity index (χ3n) is 5.75. The van der Waals surface area contributed by atoms with E-state index in [1.807, 2.05) is 30.3 Å². The van der Waals surface area contributed by atoms with Crippen LogP contribution in [0.25, 0.3) is 0 Å². The first-order chi connectivity index (χ1) is 15.1. The Morgan fingerprint density at radius 2 is 1.65 bits per heavy atom. The first-order valence-corrected chi connectivity index (χ1v) is 11.2. The van der Waals surface area contributed by atoms with Gasteiger partial charge in [0.1, 0.15) is 11.9 Å². The van der Waals surface area contributed by atoms with Crippen LogP contribution in [0.5, 0.6) is 0 Å². The summed E-state index contributed by atoms with van der Waals surface area (Å²) in [7, 11) is 0. The summed E-state index contributed by atoms with van der Waals surface area (Å²) in [6.07, 6.45) is 6.81. The van der Waals surface area contributed by atoms with Crippen LogP contribution in [0.2, 0.25) is 0 Å².